The summed E-state index contributed by atoms with van der Waals surface area (Å²) < 4.78 is 11.7. The highest BCUT2D eigenvalue weighted by atomic mass is 16.5. The molecule has 164 valence electrons. The molecular weight excluding hydrogens is 376 g/mol. The highest BCUT2D eigenvalue weighted by Crippen LogP contribution is 2.54. The van der Waals surface area contributed by atoms with Gasteiger partial charge >= 0.3 is 11.9 Å². The summed E-state index contributed by atoms with van der Waals surface area (Å²) >= 11 is 0. The van der Waals surface area contributed by atoms with Crippen LogP contribution in [0.1, 0.15) is 92.4 Å². The molecule has 1 aromatic rings. The van der Waals surface area contributed by atoms with E-state index in [1.54, 1.807) is 24.3 Å². The molecule has 0 heterocycles. The Balaban J connectivity index is 1.40. The predicted octanol–water partition coefficient (Wildman–Crippen LogP) is 6.04. The van der Waals surface area contributed by atoms with Crippen LogP contribution in [0.25, 0.3) is 0 Å². The van der Waals surface area contributed by atoms with Crippen LogP contribution in [-0.2, 0) is 9.47 Å². The fourth-order valence-corrected chi connectivity index (χ4v) is 6.26. The van der Waals surface area contributed by atoms with Gasteiger partial charge in [0.15, 0.2) is 0 Å². The third kappa shape index (κ3) is 4.58. The molecular formula is C26H36O4. The van der Waals surface area contributed by atoms with Gasteiger partial charge in [-0.2, -0.15) is 0 Å². The first-order valence-corrected chi connectivity index (χ1v) is 12.1. The third-order valence-corrected chi connectivity index (χ3v) is 7.74. The number of benzene rings is 1. The maximum absolute atomic E-state index is 13.1. The fraction of sp³-hybridized carbons (Fsp3) is 0.692. The van der Waals surface area contributed by atoms with Gasteiger partial charge in [0.2, 0.25) is 0 Å². The molecule has 4 fully saturated rings. The summed E-state index contributed by atoms with van der Waals surface area (Å²) in [4.78, 5) is 25.8. The molecule has 0 aromatic heterocycles. The van der Waals surface area contributed by atoms with Crippen LogP contribution in [0.15, 0.2) is 24.3 Å². The van der Waals surface area contributed by atoms with Crippen molar-refractivity contribution in [2.75, 3.05) is 6.61 Å². The van der Waals surface area contributed by atoms with Gasteiger partial charge in [-0.3, -0.25) is 0 Å². The summed E-state index contributed by atoms with van der Waals surface area (Å²) in [6.07, 6.45) is 10.5. The number of rotatable bonds is 9. The molecule has 0 radical (unpaired) electrons. The Bertz CT molecular complexity index is 727. The molecule has 0 aliphatic heterocycles. The second-order valence-corrected chi connectivity index (χ2v) is 9.86. The average molecular weight is 413 g/mol. The van der Waals surface area contributed by atoms with E-state index < -0.39 is 5.97 Å². The van der Waals surface area contributed by atoms with Gasteiger partial charge in [0, 0.05) is 0 Å². The highest BCUT2D eigenvalue weighted by Gasteiger charge is 2.50. The Hall–Kier alpha value is -1.84. The fourth-order valence-electron chi connectivity index (χ4n) is 6.26. The van der Waals surface area contributed by atoms with Gasteiger partial charge in [-0.25, -0.2) is 9.59 Å². The van der Waals surface area contributed by atoms with Crippen molar-refractivity contribution in [3.8, 4) is 0 Å². The van der Waals surface area contributed by atoms with Gasteiger partial charge in [0.1, 0.15) is 6.10 Å². The lowest BCUT2D eigenvalue weighted by Crippen LogP contribution is -2.50. The van der Waals surface area contributed by atoms with Crippen LogP contribution in [0.5, 0.6) is 0 Å². The van der Waals surface area contributed by atoms with Gasteiger partial charge in [0.25, 0.3) is 0 Å². The molecule has 4 bridgehead atoms. The summed E-state index contributed by atoms with van der Waals surface area (Å²) in [6, 6.07) is 6.96. The second-order valence-electron chi connectivity index (χ2n) is 9.86. The van der Waals surface area contributed by atoms with E-state index in [2.05, 4.69) is 13.8 Å². The van der Waals surface area contributed by atoms with Gasteiger partial charge in [0.05, 0.1) is 17.7 Å². The van der Waals surface area contributed by atoms with Crippen LogP contribution in [0.4, 0.5) is 0 Å². The molecule has 4 aliphatic carbocycles. The molecule has 1 unspecified atom stereocenters. The number of esters is 2. The maximum Gasteiger partial charge on any atom is 0.339 e. The van der Waals surface area contributed by atoms with Crippen LogP contribution in [0, 0.1) is 29.6 Å². The molecule has 0 amide bonds. The lowest BCUT2D eigenvalue weighted by Gasteiger charge is -2.53. The zero-order valence-corrected chi connectivity index (χ0v) is 18.5. The van der Waals surface area contributed by atoms with Crippen LogP contribution < -0.4 is 0 Å². The number of carbonyl (C=O) groups excluding carboxylic acids is 2. The first-order chi connectivity index (χ1) is 14.6. The van der Waals surface area contributed by atoms with Crippen LogP contribution in [0.3, 0.4) is 0 Å². The van der Waals surface area contributed by atoms with Crippen molar-refractivity contribution in [2.45, 2.75) is 77.7 Å². The smallest absolute Gasteiger partial charge is 0.339 e. The first kappa shape index (κ1) is 21.4. The van der Waals surface area contributed by atoms with Crippen molar-refractivity contribution >= 4 is 11.9 Å². The summed E-state index contributed by atoms with van der Waals surface area (Å²) in [5.41, 5.74) is 0.676. The quantitative estimate of drug-likeness (QED) is 0.464. The molecule has 0 saturated heterocycles. The Morgan fingerprint density at radius 1 is 0.933 bits per heavy atom. The number of hydrogen-bond acceptors (Lipinski definition) is 4. The standard InChI is InChI=1S/C26H36O4/c1-3-5-8-17(4-2)16-29-25(27)22-9-6-7-10-23(22)26(28)30-24-20-12-18-11-19(14-20)15-21(24)13-18/h6-7,9-10,17-21,24H,3-5,8,11-16H2,1-2H3. The molecule has 4 aliphatic rings. The molecule has 0 spiro atoms. The van der Waals surface area contributed by atoms with Gasteiger partial charge in [-0.15, -0.1) is 0 Å². The second kappa shape index (κ2) is 9.53. The van der Waals surface area contributed by atoms with E-state index in [9.17, 15) is 9.59 Å². The molecule has 1 atom stereocenters. The van der Waals surface area contributed by atoms with Gasteiger partial charge < -0.3 is 9.47 Å². The van der Waals surface area contributed by atoms with E-state index in [4.69, 9.17) is 9.47 Å². The van der Waals surface area contributed by atoms with E-state index in [1.807, 2.05) is 0 Å². The Morgan fingerprint density at radius 3 is 2.10 bits per heavy atom. The summed E-state index contributed by atoms with van der Waals surface area (Å²) in [5.74, 6) is 2.29. The van der Waals surface area contributed by atoms with Crippen molar-refractivity contribution in [3.05, 3.63) is 35.4 Å². The summed E-state index contributed by atoms with van der Waals surface area (Å²) in [6.45, 7) is 4.71. The van der Waals surface area contributed by atoms with Gasteiger partial charge in [-0.05, 0) is 80.2 Å². The average Bonchev–Trinajstić information content (AvgIpc) is 2.75. The summed E-state index contributed by atoms with van der Waals surface area (Å²) in [5, 5.41) is 0. The minimum atomic E-state index is -0.414. The molecule has 0 N–H and O–H groups in total. The van der Waals surface area contributed by atoms with Crippen molar-refractivity contribution in [3.63, 3.8) is 0 Å². The number of hydrogen-bond donors (Lipinski definition) is 0. The van der Waals surface area contributed by atoms with E-state index in [1.165, 1.54) is 32.1 Å². The van der Waals surface area contributed by atoms with Crippen molar-refractivity contribution < 1.29 is 19.1 Å². The Morgan fingerprint density at radius 2 is 1.53 bits per heavy atom. The number of carbonyl (C=O) groups is 2. The topological polar surface area (TPSA) is 52.6 Å². The van der Waals surface area contributed by atoms with Gasteiger partial charge in [-0.1, -0.05) is 45.2 Å². The number of ether oxygens (including phenoxy) is 2. The van der Waals surface area contributed by atoms with Crippen molar-refractivity contribution in [2.24, 2.45) is 29.6 Å². The van der Waals surface area contributed by atoms with E-state index in [0.717, 1.165) is 37.5 Å². The van der Waals surface area contributed by atoms with Crippen LogP contribution in [-0.4, -0.2) is 24.6 Å². The molecule has 30 heavy (non-hydrogen) atoms. The minimum absolute atomic E-state index is 0.0212. The lowest BCUT2D eigenvalue weighted by atomic mass is 9.55. The molecule has 4 nitrogen and oxygen atoms in total. The number of unbranched alkanes of at least 4 members (excludes halogenated alkanes) is 1. The van der Waals surface area contributed by atoms with E-state index in [-0.39, 0.29) is 12.1 Å². The monoisotopic (exact) mass is 412 g/mol. The summed E-state index contributed by atoms with van der Waals surface area (Å²) in [7, 11) is 0. The minimum Gasteiger partial charge on any atom is -0.462 e. The Labute approximate surface area is 180 Å². The zero-order chi connectivity index (χ0) is 21.1. The molecule has 4 heteroatoms. The molecule has 4 saturated carbocycles. The van der Waals surface area contributed by atoms with Crippen molar-refractivity contribution in [1.29, 1.82) is 0 Å². The van der Waals surface area contributed by atoms with E-state index in [0.29, 0.717) is 35.5 Å². The van der Waals surface area contributed by atoms with Crippen LogP contribution in [0.2, 0.25) is 0 Å². The molecule has 1 aromatic carbocycles. The van der Waals surface area contributed by atoms with E-state index >= 15 is 0 Å². The predicted molar refractivity (Wildman–Crippen MR) is 116 cm³/mol. The third-order valence-electron chi connectivity index (χ3n) is 7.74. The van der Waals surface area contributed by atoms with Crippen molar-refractivity contribution in [1.82, 2.24) is 0 Å². The largest absolute Gasteiger partial charge is 0.462 e. The first-order valence-electron chi connectivity index (χ1n) is 12.1. The zero-order valence-electron chi connectivity index (χ0n) is 18.5. The van der Waals surface area contributed by atoms with Crippen LogP contribution >= 0.6 is 0 Å². The maximum atomic E-state index is 13.1. The highest BCUT2D eigenvalue weighted by molar-refractivity contribution is 6.03. The SMILES string of the molecule is CCCCC(CC)COC(=O)c1ccccc1C(=O)OC1C2CC3CC(C2)CC1C3. The Kier molecular flexibility index (Phi) is 6.80. The lowest BCUT2D eigenvalue weighted by molar-refractivity contribution is -0.101. The normalized spacial score (nSPS) is 30.1. The molecule has 5 rings (SSSR count).